The van der Waals surface area contributed by atoms with Gasteiger partial charge in [0.1, 0.15) is 0 Å². The summed E-state index contributed by atoms with van der Waals surface area (Å²) in [5, 5.41) is 5.37. The van der Waals surface area contributed by atoms with Gasteiger partial charge in [-0.05, 0) is 38.6 Å². The number of benzene rings is 1. The van der Waals surface area contributed by atoms with Crippen LogP contribution in [-0.2, 0) is 4.79 Å². The topological polar surface area (TPSA) is 50.4 Å². The van der Waals surface area contributed by atoms with Crippen LogP contribution in [0.4, 0.5) is 18.9 Å². The first-order valence-electron chi connectivity index (χ1n) is 6.17. The van der Waals surface area contributed by atoms with E-state index in [1.807, 2.05) is 6.92 Å². The van der Waals surface area contributed by atoms with Crippen molar-refractivity contribution in [3.63, 3.8) is 0 Å². The molecule has 4 nitrogen and oxygen atoms in total. The normalized spacial score (nSPS) is 12.1. The average Bonchev–Trinajstić information content (AvgIpc) is 2.30. The highest BCUT2D eigenvalue weighted by Crippen LogP contribution is 2.33. The molecule has 0 saturated carbocycles. The van der Waals surface area contributed by atoms with E-state index in [1.165, 1.54) is 12.1 Å². The number of carbonyl (C=O) groups is 1. The Hall–Kier alpha value is -1.28. The first-order valence-corrected chi connectivity index (χ1v) is 6.96. The third-order valence-corrected chi connectivity index (χ3v) is 3.10. The monoisotopic (exact) mass is 368 g/mol. The second-order valence-electron chi connectivity index (χ2n) is 4.80. The number of likely N-dealkylation sites (N-methyl/N-ethyl adjacent to an activating group) is 1. The predicted molar refractivity (Wildman–Crippen MR) is 77.2 cm³/mol. The summed E-state index contributed by atoms with van der Waals surface area (Å²) >= 11 is 3.06. The molecule has 0 aliphatic carbocycles. The van der Waals surface area contributed by atoms with Gasteiger partial charge in [0, 0.05) is 4.47 Å². The summed E-state index contributed by atoms with van der Waals surface area (Å²) in [6, 6.07) is 3.99. The van der Waals surface area contributed by atoms with Gasteiger partial charge in [-0.25, -0.2) is 0 Å². The van der Waals surface area contributed by atoms with Crippen molar-refractivity contribution in [2.24, 2.45) is 0 Å². The van der Waals surface area contributed by atoms with Gasteiger partial charge in [0.05, 0.1) is 11.2 Å². The molecule has 21 heavy (non-hydrogen) atoms. The SMILES string of the molecule is CCNC(C)(C)C(=O)Nc1ccc(Br)cc1OC(F)(F)F. The molecule has 0 unspecified atom stereocenters. The van der Waals surface area contributed by atoms with E-state index in [-0.39, 0.29) is 5.69 Å². The third kappa shape index (κ3) is 5.55. The van der Waals surface area contributed by atoms with Crippen LogP contribution in [0.3, 0.4) is 0 Å². The molecule has 0 atom stereocenters. The number of alkyl halides is 3. The van der Waals surface area contributed by atoms with Gasteiger partial charge >= 0.3 is 6.36 Å². The van der Waals surface area contributed by atoms with Crippen molar-refractivity contribution in [1.29, 1.82) is 0 Å². The fourth-order valence-corrected chi connectivity index (χ4v) is 1.95. The zero-order valence-electron chi connectivity index (χ0n) is 11.8. The standard InChI is InChI=1S/C13H16BrF3N2O2/c1-4-18-12(2,3)11(20)19-9-6-5-8(14)7-10(9)21-13(15,16)17/h5-7,18H,4H2,1-3H3,(H,19,20). The van der Waals surface area contributed by atoms with Crippen molar-refractivity contribution in [3.8, 4) is 5.75 Å². The molecule has 0 heterocycles. The van der Waals surface area contributed by atoms with Gasteiger partial charge in [0.15, 0.2) is 5.75 Å². The van der Waals surface area contributed by atoms with Gasteiger partial charge in [-0.15, -0.1) is 13.2 Å². The van der Waals surface area contributed by atoms with E-state index in [4.69, 9.17) is 0 Å². The molecule has 1 aromatic carbocycles. The molecule has 1 amide bonds. The Bertz CT molecular complexity index is 519. The molecule has 1 aromatic rings. The van der Waals surface area contributed by atoms with Crippen LogP contribution in [0.25, 0.3) is 0 Å². The van der Waals surface area contributed by atoms with Gasteiger partial charge < -0.3 is 15.4 Å². The van der Waals surface area contributed by atoms with E-state index >= 15 is 0 Å². The van der Waals surface area contributed by atoms with Crippen LogP contribution in [0, 0.1) is 0 Å². The lowest BCUT2D eigenvalue weighted by Gasteiger charge is -2.25. The molecule has 0 aromatic heterocycles. The average molecular weight is 369 g/mol. The maximum atomic E-state index is 12.4. The van der Waals surface area contributed by atoms with Gasteiger partial charge in [-0.1, -0.05) is 22.9 Å². The Morgan fingerprint density at radius 2 is 1.95 bits per heavy atom. The first-order chi connectivity index (χ1) is 9.55. The molecule has 0 aliphatic heterocycles. The zero-order valence-corrected chi connectivity index (χ0v) is 13.4. The lowest BCUT2D eigenvalue weighted by Crippen LogP contribution is -2.49. The quantitative estimate of drug-likeness (QED) is 0.833. The van der Waals surface area contributed by atoms with Crippen LogP contribution in [0.1, 0.15) is 20.8 Å². The summed E-state index contributed by atoms with van der Waals surface area (Å²) in [6.45, 7) is 5.64. The second-order valence-corrected chi connectivity index (χ2v) is 5.71. The molecule has 0 spiro atoms. The van der Waals surface area contributed by atoms with Crippen molar-refractivity contribution in [3.05, 3.63) is 22.7 Å². The molecule has 8 heteroatoms. The van der Waals surface area contributed by atoms with Crippen LogP contribution in [0.5, 0.6) is 5.75 Å². The van der Waals surface area contributed by atoms with Gasteiger partial charge in [-0.2, -0.15) is 0 Å². The smallest absolute Gasteiger partial charge is 0.404 e. The lowest BCUT2D eigenvalue weighted by atomic mass is 10.0. The van der Waals surface area contributed by atoms with E-state index in [0.29, 0.717) is 11.0 Å². The number of hydrogen-bond acceptors (Lipinski definition) is 3. The molecule has 2 N–H and O–H groups in total. The van der Waals surface area contributed by atoms with Gasteiger partial charge in [0.2, 0.25) is 5.91 Å². The molecule has 0 saturated heterocycles. The Labute approximate surface area is 129 Å². The maximum Gasteiger partial charge on any atom is 0.573 e. The fraction of sp³-hybridized carbons (Fsp3) is 0.462. The zero-order chi connectivity index (χ0) is 16.3. The number of ether oxygens (including phenoxy) is 1. The summed E-state index contributed by atoms with van der Waals surface area (Å²) in [5.41, 5.74) is -0.969. The molecule has 0 aliphatic rings. The number of carbonyl (C=O) groups excluding carboxylic acids is 1. The molecule has 118 valence electrons. The summed E-state index contributed by atoms with van der Waals surface area (Å²) in [4.78, 5) is 12.1. The summed E-state index contributed by atoms with van der Waals surface area (Å²) in [6.07, 6.45) is -4.84. The Kier molecular flexibility index (Phi) is 5.63. The number of hydrogen-bond donors (Lipinski definition) is 2. The van der Waals surface area contributed by atoms with Crippen molar-refractivity contribution in [2.45, 2.75) is 32.7 Å². The largest absolute Gasteiger partial charge is 0.573 e. The molecule has 0 fully saturated rings. The van der Waals surface area contributed by atoms with Crippen LogP contribution >= 0.6 is 15.9 Å². The van der Waals surface area contributed by atoms with Crippen molar-refractivity contribution in [1.82, 2.24) is 5.32 Å². The number of nitrogens with one attached hydrogen (secondary N) is 2. The Morgan fingerprint density at radius 3 is 2.48 bits per heavy atom. The minimum absolute atomic E-state index is 0.0495. The Balaban J connectivity index is 3.00. The highest BCUT2D eigenvalue weighted by atomic mass is 79.9. The maximum absolute atomic E-state index is 12.4. The summed E-state index contributed by atoms with van der Waals surface area (Å²) in [5.74, 6) is -0.934. The summed E-state index contributed by atoms with van der Waals surface area (Å²) < 4.78 is 41.5. The fourth-order valence-electron chi connectivity index (χ4n) is 1.61. The molecular weight excluding hydrogens is 353 g/mol. The second kappa shape index (κ2) is 6.65. The number of rotatable bonds is 5. The Morgan fingerprint density at radius 1 is 1.33 bits per heavy atom. The molecule has 0 bridgehead atoms. The van der Waals surface area contributed by atoms with E-state index in [2.05, 4.69) is 31.3 Å². The van der Waals surface area contributed by atoms with Crippen LogP contribution in [0.15, 0.2) is 22.7 Å². The van der Waals surface area contributed by atoms with Crippen LogP contribution in [-0.4, -0.2) is 24.4 Å². The highest BCUT2D eigenvalue weighted by Gasteiger charge is 2.33. The number of anilines is 1. The third-order valence-electron chi connectivity index (χ3n) is 2.60. The van der Waals surface area contributed by atoms with Crippen LogP contribution < -0.4 is 15.4 Å². The number of amides is 1. The highest BCUT2D eigenvalue weighted by molar-refractivity contribution is 9.10. The van der Waals surface area contributed by atoms with Crippen molar-refractivity contribution < 1.29 is 22.7 Å². The van der Waals surface area contributed by atoms with Crippen molar-refractivity contribution >= 4 is 27.5 Å². The van der Waals surface area contributed by atoms with Crippen molar-refractivity contribution in [2.75, 3.05) is 11.9 Å². The molecule has 0 radical (unpaired) electrons. The van der Waals surface area contributed by atoms with E-state index < -0.39 is 23.6 Å². The minimum Gasteiger partial charge on any atom is -0.404 e. The molecule has 1 rings (SSSR count). The molecular formula is C13H16BrF3N2O2. The van der Waals surface area contributed by atoms with E-state index in [9.17, 15) is 18.0 Å². The van der Waals surface area contributed by atoms with E-state index in [1.54, 1.807) is 13.8 Å². The minimum atomic E-state index is -4.84. The van der Waals surface area contributed by atoms with E-state index in [0.717, 1.165) is 6.07 Å². The van der Waals surface area contributed by atoms with Gasteiger partial charge in [-0.3, -0.25) is 4.79 Å². The number of halogens is 4. The summed E-state index contributed by atoms with van der Waals surface area (Å²) in [7, 11) is 0. The van der Waals surface area contributed by atoms with Gasteiger partial charge in [0.25, 0.3) is 0 Å². The van der Waals surface area contributed by atoms with Crippen LogP contribution in [0.2, 0.25) is 0 Å². The first kappa shape index (κ1) is 17.8. The lowest BCUT2D eigenvalue weighted by molar-refractivity contribution is -0.274. The predicted octanol–water partition coefficient (Wildman–Crippen LogP) is 3.67.